The molecule has 1 aromatic rings. The molecule has 6 heteroatoms. The molecule has 0 saturated carbocycles. The highest BCUT2D eigenvalue weighted by molar-refractivity contribution is 5.73. The number of aromatic amines is 1. The molecular weight excluding hydrogens is 280 g/mol. The fraction of sp³-hybridized carbons (Fsp3) is 0.750. The van der Waals surface area contributed by atoms with Gasteiger partial charge in [0.1, 0.15) is 0 Å². The maximum absolute atomic E-state index is 12.2. The molecule has 2 amide bonds. The third kappa shape index (κ3) is 4.22. The number of fused-ring (bicyclic) bond motifs is 1. The second kappa shape index (κ2) is 7.13. The van der Waals surface area contributed by atoms with Crippen molar-refractivity contribution in [1.82, 2.24) is 20.4 Å². The fourth-order valence-electron chi connectivity index (χ4n) is 2.65. The summed E-state index contributed by atoms with van der Waals surface area (Å²) in [5.74, 6) is 0. The summed E-state index contributed by atoms with van der Waals surface area (Å²) >= 11 is 0. The van der Waals surface area contributed by atoms with Gasteiger partial charge in [-0.3, -0.25) is 5.10 Å². The molecular formula is C16H28N4O2. The monoisotopic (exact) mass is 308 g/mol. The van der Waals surface area contributed by atoms with E-state index in [2.05, 4.69) is 15.5 Å². The van der Waals surface area contributed by atoms with Gasteiger partial charge in [-0.25, -0.2) is 4.79 Å². The lowest BCUT2D eigenvalue weighted by molar-refractivity contribution is 0.0244. The van der Waals surface area contributed by atoms with Gasteiger partial charge in [0, 0.05) is 26.4 Å². The molecule has 1 aliphatic carbocycles. The minimum atomic E-state index is -0.361. The zero-order valence-corrected chi connectivity index (χ0v) is 14.2. The molecule has 0 spiro atoms. The molecule has 0 unspecified atom stereocenters. The molecule has 6 nitrogen and oxygen atoms in total. The lowest BCUT2D eigenvalue weighted by Gasteiger charge is -2.25. The van der Waals surface area contributed by atoms with Gasteiger partial charge in [-0.05, 0) is 45.1 Å². The Morgan fingerprint density at radius 3 is 2.82 bits per heavy atom. The van der Waals surface area contributed by atoms with Gasteiger partial charge in [-0.15, -0.1) is 0 Å². The lowest BCUT2D eigenvalue weighted by Crippen LogP contribution is -2.44. The van der Waals surface area contributed by atoms with Crippen molar-refractivity contribution in [3.05, 3.63) is 17.0 Å². The van der Waals surface area contributed by atoms with E-state index in [4.69, 9.17) is 4.74 Å². The van der Waals surface area contributed by atoms with E-state index in [0.717, 1.165) is 18.5 Å². The van der Waals surface area contributed by atoms with Crippen LogP contribution in [0.15, 0.2) is 0 Å². The summed E-state index contributed by atoms with van der Waals surface area (Å²) < 4.78 is 5.31. The summed E-state index contributed by atoms with van der Waals surface area (Å²) in [7, 11) is 3.45. The predicted octanol–water partition coefficient (Wildman–Crippen LogP) is 2.24. The second-order valence-corrected chi connectivity index (χ2v) is 6.67. The fourth-order valence-corrected chi connectivity index (χ4v) is 2.65. The van der Waals surface area contributed by atoms with Gasteiger partial charge in [0.25, 0.3) is 0 Å². The van der Waals surface area contributed by atoms with E-state index in [9.17, 15) is 4.79 Å². The Morgan fingerprint density at radius 2 is 2.09 bits per heavy atom. The van der Waals surface area contributed by atoms with Crippen LogP contribution in [0, 0.1) is 0 Å². The van der Waals surface area contributed by atoms with Gasteiger partial charge < -0.3 is 15.0 Å². The van der Waals surface area contributed by atoms with E-state index in [1.807, 2.05) is 13.8 Å². The standard InChI is InChI=1S/C16H28N4O2/c1-16(2,22-4)11-17-15(21)20(3)10-14-12-8-6-5-7-9-13(12)18-19-14/h5-11H2,1-4H3,(H,17,21)(H,18,19). The number of methoxy groups -OCH3 is 1. The first kappa shape index (κ1) is 16.8. The number of nitrogens with zero attached hydrogens (tertiary/aromatic N) is 2. The van der Waals surface area contributed by atoms with Crippen LogP contribution < -0.4 is 5.32 Å². The Hall–Kier alpha value is -1.56. The van der Waals surface area contributed by atoms with E-state index in [0.29, 0.717) is 13.1 Å². The number of H-pyrrole nitrogens is 1. The van der Waals surface area contributed by atoms with Crippen LogP contribution in [-0.2, 0) is 24.1 Å². The first-order valence-corrected chi connectivity index (χ1v) is 8.02. The van der Waals surface area contributed by atoms with Crippen molar-refractivity contribution in [2.45, 2.75) is 58.1 Å². The van der Waals surface area contributed by atoms with Gasteiger partial charge in [0.05, 0.1) is 17.8 Å². The summed E-state index contributed by atoms with van der Waals surface area (Å²) in [5.41, 5.74) is 3.21. The smallest absolute Gasteiger partial charge is 0.317 e. The largest absolute Gasteiger partial charge is 0.377 e. The summed E-state index contributed by atoms with van der Waals surface area (Å²) in [6, 6.07) is -0.101. The number of hydrogen-bond acceptors (Lipinski definition) is 3. The Balaban J connectivity index is 1.93. The van der Waals surface area contributed by atoms with Crippen LogP contribution in [0.25, 0.3) is 0 Å². The average Bonchev–Trinajstić information content (AvgIpc) is 2.73. The average molecular weight is 308 g/mol. The van der Waals surface area contributed by atoms with E-state index < -0.39 is 0 Å². The van der Waals surface area contributed by atoms with E-state index in [1.165, 1.54) is 30.5 Å². The lowest BCUT2D eigenvalue weighted by atomic mass is 10.1. The zero-order chi connectivity index (χ0) is 16.2. The van der Waals surface area contributed by atoms with E-state index in [1.54, 1.807) is 19.1 Å². The highest BCUT2D eigenvalue weighted by Crippen LogP contribution is 2.22. The van der Waals surface area contributed by atoms with Crippen LogP contribution in [0.1, 0.15) is 50.1 Å². The quantitative estimate of drug-likeness (QED) is 0.820. The molecule has 0 aromatic carbocycles. The van der Waals surface area contributed by atoms with Gasteiger partial charge >= 0.3 is 6.03 Å². The summed E-state index contributed by atoms with van der Waals surface area (Å²) in [4.78, 5) is 13.9. The number of rotatable bonds is 5. The minimum absolute atomic E-state index is 0.101. The van der Waals surface area contributed by atoms with E-state index >= 15 is 0 Å². The molecule has 0 radical (unpaired) electrons. The first-order valence-electron chi connectivity index (χ1n) is 8.02. The molecule has 1 aromatic heterocycles. The van der Waals surface area contributed by atoms with Crippen molar-refractivity contribution >= 4 is 6.03 Å². The summed E-state index contributed by atoms with van der Waals surface area (Å²) in [6.07, 6.45) is 5.83. The number of hydrogen-bond donors (Lipinski definition) is 2. The number of urea groups is 1. The molecule has 0 fully saturated rings. The number of nitrogens with one attached hydrogen (secondary N) is 2. The molecule has 1 aliphatic rings. The zero-order valence-electron chi connectivity index (χ0n) is 14.2. The van der Waals surface area contributed by atoms with Crippen molar-refractivity contribution in [3.8, 4) is 0 Å². The second-order valence-electron chi connectivity index (χ2n) is 6.67. The van der Waals surface area contributed by atoms with Crippen LogP contribution in [0.3, 0.4) is 0 Å². The Kier molecular flexibility index (Phi) is 5.45. The third-order valence-electron chi connectivity index (χ3n) is 4.34. The topological polar surface area (TPSA) is 70.2 Å². The molecule has 0 bridgehead atoms. The number of carbonyl (C=O) groups excluding carboxylic acids is 1. The maximum Gasteiger partial charge on any atom is 0.317 e. The number of aromatic nitrogens is 2. The molecule has 0 saturated heterocycles. The summed E-state index contributed by atoms with van der Waals surface area (Å²) in [6.45, 7) is 4.90. The molecule has 0 atom stereocenters. The predicted molar refractivity (Wildman–Crippen MR) is 85.8 cm³/mol. The Morgan fingerprint density at radius 1 is 1.36 bits per heavy atom. The number of ether oxygens (including phenoxy) is 1. The Labute approximate surface area is 132 Å². The third-order valence-corrected chi connectivity index (χ3v) is 4.34. The van der Waals surface area contributed by atoms with Crippen molar-refractivity contribution in [2.75, 3.05) is 20.7 Å². The van der Waals surface area contributed by atoms with Gasteiger partial charge in [-0.2, -0.15) is 5.10 Å². The minimum Gasteiger partial charge on any atom is -0.377 e. The van der Waals surface area contributed by atoms with Gasteiger partial charge in [0.15, 0.2) is 0 Å². The molecule has 0 aliphatic heterocycles. The molecule has 2 rings (SSSR count). The van der Waals surface area contributed by atoms with Crippen molar-refractivity contribution in [2.24, 2.45) is 0 Å². The molecule has 124 valence electrons. The highest BCUT2D eigenvalue weighted by atomic mass is 16.5. The van der Waals surface area contributed by atoms with Gasteiger partial charge in [-0.1, -0.05) is 6.42 Å². The Bertz CT molecular complexity index is 510. The highest BCUT2D eigenvalue weighted by Gasteiger charge is 2.21. The normalized spacial score (nSPS) is 15.1. The van der Waals surface area contributed by atoms with Crippen LogP contribution in [0.2, 0.25) is 0 Å². The van der Waals surface area contributed by atoms with E-state index in [-0.39, 0.29) is 11.6 Å². The van der Waals surface area contributed by atoms with Crippen molar-refractivity contribution < 1.29 is 9.53 Å². The van der Waals surface area contributed by atoms with Crippen molar-refractivity contribution in [1.29, 1.82) is 0 Å². The molecule has 22 heavy (non-hydrogen) atoms. The van der Waals surface area contributed by atoms with Gasteiger partial charge in [0.2, 0.25) is 0 Å². The van der Waals surface area contributed by atoms with Crippen LogP contribution in [0.5, 0.6) is 0 Å². The van der Waals surface area contributed by atoms with Crippen LogP contribution in [-0.4, -0.2) is 47.4 Å². The van der Waals surface area contributed by atoms with Crippen LogP contribution in [0.4, 0.5) is 4.79 Å². The van der Waals surface area contributed by atoms with Crippen LogP contribution >= 0.6 is 0 Å². The number of amides is 2. The summed E-state index contributed by atoms with van der Waals surface area (Å²) in [5, 5.41) is 10.5. The number of carbonyl (C=O) groups is 1. The number of aryl methyl sites for hydroxylation is 1. The first-order chi connectivity index (χ1) is 10.4. The van der Waals surface area contributed by atoms with Crippen molar-refractivity contribution in [3.63, 3.8) is 0 Å². The molecule has 2 N–H and O–H groups in total. The maximum atomic E-state index is 12.2. The molecule has 1 heterocycles. The SMILES string of the molecule is COC(C)(C)CNC(=O)N(C)Cc1n[nH]c2c1CCCCC2.